The molecule has 0 bridgehead atoms. The van der Waals surface area contributed by atoms with Crippen LogP contribution in [0.1, 0.15) is 12.5 Å². The first-order valence-electron chi connectivity index (χ1n) is 7.14. The summed E-state index contributed by atoms with van der Waals surface area (Å²) in [5.74, 6) is -2.28. The molecule has 2 unspecified atom stereocenters. The minimum Gasteiger partial charge on any atom is -0.466 e. The van der Waals surface area contributed by atoms with Crippen molar-refractivity contribution >= 4 is 17.4 Å². The number of amides is 1. The summed E-state index contributed by atoms with van der Waals surface area (Å²) < 4.78 is 34.6. The van der Waals surface area contributed by atoms with Crippen LogP contribution in [0.5, 0.6) is 0 Å². The molecule has 0 aromatic heterocycles. The van der Waals surface area contributed by atoms with Crippen molar-refractivity contribution in [3.8, 4) is 0 Å². The molecule has 0 saturated carbocycles. The van der Waals surface area contributed by atoms with Gasteiger partial charge < -0.3 is 10.1 Å². The van der Waals surface area contributed by atoms with Crippen molar-refractivity contribution < 1.29 is 23.1 Å². The number of nitrogens with one attached hydrogen (secondary N) is 1. The lowest BCUT2D eigenvalue weighted by molar-refractivity contribution is -0.156. The Labute approximate surface area is 132 Å². The summed E-state index contributed by atoms with van der Waals surface area (Å²) in [4.78, 5) is 23.9. The number of rotatable bonds is 4. The van der Waals surface area contributed by atoms with Crippen LogP contribution in [0.4, 0.5) is 8.78 Å². The van der Waals surface area contributed by atoms with Gasteiger partial charge in [0.05, 0.1) is 12.7 Å². The predicted octanol–water partition coefficient (Wildman–Crippen LogP) is 2.37. The molecule has 1 amide bonds. The van der Waals surface area contributed by atoms with Crippen LogP contribution in [-0.4, -0.2) is 37.4 Å². The van der Waals surface area contributed by atoms with Crippen molar-refractivity contribution in [2.45, 2.75) is 18.8 Å². The standard InChI is InChI=1S/C17H17F2NO3/c1-3-20-15(21)13-10-9-12(11-7-5-4-6-8-11)14(18)17(13,19)16(22)23-2/h4-10,14H,3H2,1-2H3,(H,20,21). The van der Waals surface area contributed by atoms with E-state index in [0.717, 1.165) is 13.2 Å². The fourth-order valence-electron chi connectivity index (χ4n) is 2.46. The van der Waals surface area contributed by atoms with Gasteiger partial charge in [-0.15, -0.1) is 0 Å². The maximum Gasteiger partial charge on any atom is 0.352 e. The van der Waals surface area contributed by atoms with Crippen LogP contribution < -0.4 is 5.32 Å². The molecule has 23 heavy (non-hydrogen) atoms. The molecule has 0 aliphatic heterocycles. The van der Waals surface area contributed by atoms with Gasteiger partial charge in [-0.2, -0.15) is 0 Å². The summed E-state index contributed by atoms with van der Waals surface area (Å²) in [7, 11) is 0.951. The van der Waals surface area contributed by atoms with Gasteiger partial charge in [0.2, 0.25) is 0 Å². The summed E-state index contributed by atoms with van der Waals surface area (Å²) in [5.41, 5.74) is -3.38. The van der Waals surface area contributed by atoms with Crippen LogP contribution in [0.15, 0.2) is 48.1 Å². The Balaban J connectivity index is 2.55. The summed E-state index contributed by atoms with van der Waals surface area (Å²) in [6.07, 6.45) is 0.0889. The number of ether oxygens (including phenoxy) is 1. The summed E-state index contributed by atoms with van der Waals surface area (Å²) in [6, 6.07) is 8.27. The van der Waals surface area contributed by atoms with Crippen LogP contribution in [0.3, 0.4) is 0 Å². The largest absolute Gasteiger partial charge is 0.466 e. The highest BCUT2D eigenvalue weighted by Crippen LogP contribution is 2.41. The van der Waals surface area contributed by atoms with Gasteiger partial charge in [0, 0.05) is 6.54 Å². The first kappa shape index (κ1) is 16.9. The summed E-state index contributed by atoms with van der Waals surface area (Å²) in [5, 5.41) is 2.37. The number of carbonyl (C=O) groups is 2. The normalized spacial score (nSPS) is 23.6. The Kier molecular flexibility index (Phi) is 4.93. The highest BCUT2D eigenvalue weighted by molar-refractivity contribution is 6.06. The molecule has 1 aromatic rings. The van der Waals surface area contributed by atoms with E-state index in [1.54, 1.807) is 37.3 Å². The maximum atomic E-state index is 15.3. The van der Waals surface area contributed by atoms with Crippen molar-refractivity contribution in [1.29, 1.82) is 0 Å². The zero-order valence-corrected chi connectivity index (χ0v) is 12.8. The molecule has 1 aromatic carbocycles. The molecule has 0 saturated heterocycles. The number of benzene rings is 1. The molecule has 1 aliphatic rings. The van der Waals surface area contributed by atoms with Crippen molar-refractivity contribution in [3.05, 3.63) is 53.6 Å². The number of alkyl halides is 2. The third-order valence-corrected chi connectivity index (χ3v) is 3.62. The Hall–Kier alpha value is -2.50. The van der Waals surface area contributed by atoms with Gasteiger partial charge in [-0.1, -0.05) is 36.4 Å². The zero-order valence-electron chi connectivity index (χ0n) is 12.8. The molecule has 0 heterocycles. The SMILES string of the molecule is CCNC(=O)C1=CC=C(c2ccccc2)C(F)C1(F)C(=O)OC. The monoisotopic (exact) mass is 321 g/mol. The zero-order chi connectivity index (χ0) is 17.0. The maximum absolute atomic E-state index is 15.3. The lowest BCUT2D eigenvalue weighted by atomic mass is 9.79. The third-order valence-electron chi connectivity index (χ3n) is 3.62. The second-order valence-corrected chi connectivity index (χ2v) is 4.99. The van der Waals surface area contributed by atoms with E-state index < -0.39 is 29.3 Å². The summed E-state index contributed by atoms with van der Waals surface area (Å²) >= 11 is 0. The van der Waals surface area contributed by atoms with E-state index in [1.807, 2.05) is 0 Å². The number of esters is 1. The van der Waals surface area contributed by atoms with Gasteiger partial charge in [-0.25, -0.2) is 13.6 Å². The molecule has 0 fully saturated rings. The first-order valence-corrected chi connectivity index (χ1v) is 7.14. The smallest absolute Gasteiger partial charge is 0.352 e. The van der Waals surface area contributed by atoms with Gasteiger partial charge >= 0.3 is 5.97 Å². The van der Waals surface area contributed by atoms with Gasteiger partial charge in [0.1, 0.15) is 0 Å². The number of likely N-dealkylation sites (N-methyl/N-ethyl adjacent to an activating group) is 1. The molecule has 4 nitrogen and oxygen atoms in total. The lowest BCUT2D eigenvalue weighted by Gasteiger charge is -2.32. The highest BCUT2D eigenvalue weighted by Gasteiger charge is 2.56. The van der Waals surface area contributed by atoms with Crippen molar-refractivity contribution in [2.24, 2.45) is 0 Å². The van der Waals surface area contributed by atoms with Crippen molar-refractivity contribution in [3.63, 3.8) is 0 Å². The molecule has 122 valence electrons. The number of methoxy groups -OCH3 is 1. The average molecular weight is 321 g/mol. The molecule has 0 radical (unpaired) electrons. The van der Waals surface area contributed by atoms with E-state index in [1.165, 1.54) is 6.08 Å². The molecule has 1 aliphatic carbocycles. The minimum absolute atomic E-state index is 0.0217. The van der Waals surface area contributed by atoms with Gasteiger partial charge in [0.15, 0.2) is 6.17 Å². The molecule has 2 rings (SSSR count). The van der Waals surface area contributed by atoms with Crippen LogP contribution >= 0.6 is 0 Å². The van der Waals surface area contributed by atoms with E-state index in [-0.39, 0.29) is 12.1 Å². The Bertz CT molecular complexity index is 670. The Morgan fingerprint density at radius 3 is 2.48 bits per heavy atom. The van der Waals surface area contributed by atoms with Gasteiger partial charge in [-0.05, 0) is 24.1 Å². The van der Waals surface area contributed by atoms with Crippen molar-refractivity contribution in [1.82, 2.24) is 5.32 Å². The molecule has 6 heteroatoms. The Morgan fingerprint density at radius 2 is 1.91 bits per heavy atom. The quantitative estimate of drug-likeness (QED) is 0.866. The second-order valence-electron chi connectivity index (χ2n) is 4.99. The number of carbonyl (C=O) groups excluding carboxylic acids is 2. The molecule has 0 spiro atoms. The predicted molar refractivity (Wildman–Crippen MR) is 81.9 cm³/mol. The van der Waals surface area contributed by atoms with E-state index >= 15 is 4.39 Å². The van der Waals surface area contributed by atoms with E-state index in [4.69, 9.17) is 0 Å². The average Bonchev–Trinajstić information content (AvgIpc) is 2.57. The van der Waals surface area contributed by atoms with Crippen LogP contribution in [-0.2, 0) is 14.3 Å². The molecular formula is C17H17F2NO3. The first-order chi connectivity index (χ1) is 11.0. The topological polar surface area (TPSA) is 55.4 Å². The van der Waals surface area contributed by atoms with Crippen LogP contribution in [0.25, 0.3) is 5.57 Å². The lowest BCUT2D eigenvalue weighted by Crippen LogP contribution is -2.51. The minimum atomic E-state index is -3.19. The molecular weight excluding hydrogens is 304 g/mol. The van der Waals surface area contributed by atoms with E-state index in [2.05, 4.69) is 10.1 Å². The number of hydrogen-bond donors (Lipinski definition) is 1. The summed E-state index contributed by atoms with van der Waals surface area (Å²) in [6.45, 7) is 1.86. The van der Waals surface area contributed by atoms with E-state index in [9.17, 15) is 14.0 Å². The van der Waals surface area contributed by atoms with Crippen LogP contribution in [0, 0.1) is 0 Å². The number of allylic oxidation sites excluding steroid dienone is 3. The fourth-order valence-corrected chi connectivity index (χ4v) is 2.46. The van der Waals surface area contributed by atoms with E-state index in [0.29, 0.717) is 5.56 Å². The van der Waals surface area contributed by atoms with Crippen molar-refractivity contribution in [2.75, 3.05) is 13.7 Å². The third kappa shape index (κ3) is 2.88. The van der Waals surface area contributed by atoms with Gasteiger partial charge in [-0.3, -0.25) is 4.79 Å². The molecule has 2 atom stereocenters. The number of hydrogen-bond acceptors (Lipinski definition) is 3. The Morgan fingerprint density at radius 1 is 1.26 bits per heavy atom. The number of halogens is 2. The van der Waals surface area contributed by atoms with Crippen LogP contribution in [0.2, 0.25) is 0 Å². The highest BCUT2D eigenvalue weighted by atomic mass is 19.2. The second kappa shape index (κ2) is 6.73. The fraction of sp³-hybridized carbons (Fsp3) is 0.294. The molecule has 1 N–H and O–H groups in total. The van der Waals surface area contributed by atoms with Gasteiger partial charge in [0.25, 0.3) is 11.6 Å².